The van der Waals surface area contributed by atoms with Gasteiger partial charge in [-0.1, -0.05) is 0 Å². The Morgan fingerprint density at radius 1 is 1.32 bits per heavy atom. The molecule has 2 aromatic heterocycles. The molecule has 0 aliphatic carbocycles. The molecular weight excluding hydrogens is 349 g/mol. The minimum absolute atomic E-state index is 0.306. The van der Waals surface area contributed by atoms with Gasteiger partial charge >= 0.3 is 7.82 Å². The van der Waals surface area contributed by atoms with E-state index >= 15 is 0 Å². The van der Waals surface area contributed by atoms with Crippen LogP contribution < -0.4 is 5.73 Å². The van der Waals surface area contributed by atoms with Gasteiger partial charge in [-0.2, -0.15) is 0 Å². The van der Waals surface area contributed by atoms with E-state index in [-0.39, 0.29) is 12.3 Å². The lowest BCUT2D eigenvalue weighted by atomic mass is 10.1. The lowest BCUT2D eigenvalue weighted by molar-refractivity contribution is -0.0536. The summed E-state index contributed by atoms with van der Waals surface area (Å²) in [5, 5.41) is 0. The lowest BCUT2D eigenvalue weighted by Gasteiger charge is -2.23. The summed E-state index contributed by atoms with van der Waals surface area (Å²) in [7, 11) is -4.12. The summed E-state index contributed by atoms with van der Waals surface area (Å²) >= 11 is 0. The van der Waals surface area contributed by atoms with Gasteiger partial charge < -0.3 is 15.4 Å². The first-order valence-electron chi connectivity index (χ1n) is 8.05. The van der Waals surface area contributed by atoms with Crippen LogP contribution in [0.2, 0.25) is 0 Å². The van der Waals surface area contributed by atoms with Crippen LogP contribution in [0.3, 0.4) is 0 Å². The highest BCUT2D eigenvalue weighted by Crippen LogP contribution is 2.47. The van der Waals surface area contributed by atoms with E-state index in [1.807, 2.05) is 0 Å². The van der Waals surface area contributed by atoms with Gasteiger partial charge in [0.1, 0.15) is 18.1 Å². The third kappa shape index (κ3) is 3.99. The average Bonchev–Trinajstić information content (AvgIpc) is 3.11. The van der Waals surface area contributed by atoms with Gasteiger partial charge in [0.25, 0.3) is 0 Å². The largest absolute Gasteiger partial charge is 0.472 e. The molecule has 0 bridgehead atoms. The molecular formula is C14H22N5O5P. The van der Waals surface area contributed by atoms with Gasteiger partial charge in [-0.15, -0.1) is 0 Å². The minimum atomic E-state index is -4.12. The average molecular weight is 371 g/mol. The van der Waals surface area contributed by atoms with Crippen molar-refractivity contribution in [2.24, 2.45) is 0 Å². The molecule has 1 fully saturated rings. The highest BCUT2D eigenvalue weighted by molar-refractivity contribution is 7.47. The fraction of sp³-hybridized carbons (Fsp3) is 0.643. The number of phosphoric acid groups is 1. The van der Waals surface area contributed by atoms with E-state index in [1.54, 1.807) is 31.7 Å². The summed E-state index contributed by atoms with van der Waals surface area (Å²) in [6, 6.07) is 0. The Hall–Kier alpha value is -1.58. The lowest BCUT2D eigenvalue weighted by Crippen LogP contribution is -2.26. The van der Waals surface area contributed by atoms with Crippen LogP contribution in [0.5, 0.6) is 0 Å². The van der Waals surface area contributed by atoms with Gasteiger partial charge in [-0.05, 0) is 33.6 Å². The van der Waals surface area contributed by atoms with Gasteiger partial charge in [0, 0.05) is 0 Å². The molecule has 11 heteroatoms. The second-order valence-electron chi connectivity index (χ2n) is 6.22. The van der Waals surface area contributed by atoms with Crippen molar-refractivity contribution >= 4 is 24.8 Å². The molecule has 3 N–H and O–H groups in total. The zero-order valence-corrected chi connectivity index (χ0v) is 15.2. The van der Waals surface area contributed by atoms with Crippen molar-refractivity contribution in [3.8, 4) is 0 Å². The van der Waals surface area contributed by atoms with Crippen LogP contribution in [0, 0.1) is 0 Å². The predicted molar refractivity (Wildman–Crippen MR) is 89.5 cm³/mol. The molecule has 1 aliphatic rings. The third-order valence-electron chi connectivity index (χ3n) is 3.89. The topological polar surface area (TPSA) is 135 Å². The Bertz CT molecular complexity index is 797. The number of phosphoric ester groups is 1. The van der Waals surface area contributed by atoms with Crippen molar-refractivity contribution in [3.63, 3.8) is 0 Å². The Kier molecular flexibility index (Phi) is 5.08. The van der Waals surface area contributed by atoms with E-state index in [1.165, 1.54) is 6.33 Å². The maximum atomic E-state index is 11.9. The van der Waals surface area contributed by atoms with E-state index < -0.39 is 20.0 Å². The van der Waals surface area contributed by atoms with Crippen molar-refractivity contribution < 1.29 is 23.2 Å². The van der Waals surface area contributed by atoms with Crippen LogP contribution in [-0.2, 0) is 18.3 Å². The van der Waals surface area contributed by atoms with Gasteiger partial charge in [-0.3, -0.25) is 13.6 Å². The van der Waals surface area contributed by atoms with E-state index in [0.717, 1.165) is 0 Å². The number of ether oxygens (including phenoxy) is 1. The van der Waals surface area contributed by atoms with Crippen LogP contribution in [0.25, 0.3) is 11.2 Å². The van der Waals surface area contributed by atoms with Gasteiger partial charge in [-0.25, -0.2) is 19.5 Å². The summed E-state index contributed by atoms with van der Waals surface area (Å²) in [5.74, 6) is 0.307. The molecule has 3 unspecified atom stereocenters. The number of imidazole rings is 1. The Morgan fingerprint density at radius 3 is 2.80 bits per heavy atom. The molecule has 25 heavy (non-hydrogen) atoms. The van der Waals surface area contributed by atoms with Crippen LogP contribution >= 0.6 is 7.82 Å². The van der Waals surface area contributed by atoms with Gasteiger partial charge in [0.2, 0.25) is 0 Å². The molecule has 1 saturated heterocycles. The number of fused-ring (bicyclic) bond motifs is 1. The van der Waals surface area contributed by atoms with E-state index in [2.05, 4.69) is 15.0 Å². The number of nitrogen functional groups attached to an aromatic ring is 1. The molecule has 10 nitrogen and oxygen atoms in total. The second kappa shape index (κ2) is 6.97. The molecule has 2 aromatic rings. The molecule has 0 spiro atoms. The molecule has 0 saturated carbocycles. The van der Waals surface area contributed by atoms with Crippen molar-refractivity contribution in [1.29, 1.82) is 0 Å². The van der Waals surface area contributed by atoms with E-state index in [4.69, 9.17) is 19.5 Å². The molecule has 1 aliphatic heterocycles. The Balaban J connectivity index is 1.69. The molecule has 138 valence electrons. The van der Waals surface area contributed by atoms with Gasteiger partial charge in [0.15, 0.2) is 11.5 Å². The Morgan fingerprint density at radius 2 is 2.08 bits per heavy atom. The van der Waals surface area contributed by atoms with Crippen molar-refractivity contribution in [3.05, 3.63) is 12.7 Å². The zero-order chi connectivity index (χ0) is 18.2. The molecule has 0 aromatic carbocycles. The predicted octanol–water partition coefficient (Wildman–Crippen LogP) is 2.02. The number of rotatable bonds is 6. The number of nitrogens with two attached hydrogens (primary N) is 1. The third-order valence-corrected chi connectivity index (χ3v) is 5.18. The standard InChI is InChI=1S/C14H22N5O5P/c1-8(2)23-25(20,21)24-9(3)10-4-5-11(22-10)19-7-18-12-13(15)16-6-17-14(12)19/h6-11H,4-5H2,1-3H3,(H,20,21)(H2,15,16,17)/t9?,10?,11-/m1/s1. The molecule has 4 atom stereocenters. The van der Waals surface area contributed by atoms with Crippen LogP contribution in [-0.4, -0.2) is 42.7 Å². The highest BCUT2D eigenvalue weighted by Gasteiger charge is 2.36. The summed E-state index contributed by atoms with van der Waals surface area (Å²) in [4.78, 5) is 22.1. The van der Waals surface area contributed by atoms with Crippen molar-refractivity contribution in [2.75, 3.05) is 5.73 Å². The van der Waals surface area contributed by atoms with Crippen LogP contribution in [0.15, 0.2) is 12.7 Å². The normalized spacial score (nSPS) is 24.7. The van der Waals surface area contributed by atoms with Crippen molar-refractivity contribution in [1.82, 2.24) is 19.5 Å². The van der Waals surface area contributed by atoms with E-state index in [0.29, 0.717) is 29.8 Å². The smallest absolute Gasteiger partial charge is 0.382 e. The monoisotopic (exact) mass is 371 g/mol. The molecule has 3 rings (SSSR count). The summed E-state index contributed by atoms with van der Waals surface area (Å²) in [5.41, 5.74) is 6.90. The summed E-state index contributed by atoms with van der Waals surface area (Å²) in [6.07, 6.45) is 2.66. The fourth-order valence-electron chi connectivity index (χ4n) is 2.84. The maximum absolute atomic E-state index is 11.9. The number of hydrogen-bond donors (Lipinski definition) is 2. The second-order valence-corrected chi connectivity index (χ2v) is 7.58. The Labute approximate surface area is 144 Å². The zero-order valence-electron chi connectivity index (χ0n) is 14.3. The maximum Gasteiger partial charge on any atom is 0.472 e. The fourth-order valence-corrected chi connectivity index (χ4v) is 3.98. The molecule has 3 heterocycles. The number of nitrogens with zero attached hydrogens (tertiary/aromatic N) is 4. The number of anilines is 1. The minimum Gasteiger partial charge on any atom is -0.382 e. The highest BCUT2D eigenvalue weighted by atomic mass is 31.2. The first-order valence-corrected chi connectivity index (χ1v) is 9.54. The number of hydrogen-bond acceptors (Lipinski definition) is 8. The first-order chi connectivity index (χ1) is 11.8. The molecule has 0 amide bonds. The quantitative estimate of drug-likeness (QED) is 0.731. The van der Waals surface area contributed by atoms with E-state index in [9.17, 15) is 9.46 Å². The summed E-state index contributed by atoms with van der Waals surface area (Å²) < 4.78 is 29.8. The molecule has 0 radical (unpaired) electrons. The summed E-state index contributed by atoms with van der Waals surface area (Å²) in [6.45, 7) is 5.01. The first kappa shape index (κ1) is 18.2. The SMILES string of the molecule is CC(C)OP(=O)(O)OC(C)C1CC[C@H](n2cnc3c(N)ncnc32)O1. The number of aromatic nitrogens is 4. The van der Waals surface area contributed by atoms with Crippen LogP contribution in [0.1, 0.15) is 39.8 Å². The van der Waals surface area contributed by atoms with Crippen molar-refractivity contribution in [2.45, 2.75) is 58.2 Å². The van der Waals surface area contributed by atoms with Crippen LogP contribution in [0.4, 0.5) is 5.82 Å². The van der Waals surface area contributed by atoms with Gasteiger partial charge in [0.05, 0.1) is 24.6 Å².